The smallest absolute Gasteiger partial charge is 0.222 e. The lowest BCUT2D eigenvalue weighted by atomic mass is 9.85. The average molecular weight is 711 g/mol. The zero-order valence-corrected chi connectivity index (χ0v) is 29.5. The number of benzene rings is 2. The van der Waals surface area contributed by atoms with Crippen molar-refractivity contribution in [2.45, 2.75) is 98.6 Å². The van der Waals surface area contributed by atoms with Crippen LogP contribution in [-0.4, -0.2) is 97.8 Å². The summed E-state index contributed by atoms with van der Waals surface area (Å²) in [5.74, 6) is 1.55. The second-order valence-electron chi connectivity index (χ2n) is 14.3. The van der Waals surface area contributed by atoms with E-state index in [1.807, 2.05) is 30.6 Å². The molecule has 3 saturated carbocycles. The first-order valence-electron chi connectivity index (χ1n) is 17.2. The maximum Gasteiger partial charge on any atom is 0.222 e. The van der Waals surface area contributed by atoms with Gasteiger partial charge in [-0.05, 0) is 109 Å². The molecule has 0 bridgehead atoms. The predicted octanol–water partition coefficient (Wildman–Crippen LogP) is 4.76. The van der Waals surface area contributed by atoms with Crippen molar-refractivity contribution in [3.63, 3.8) is 0 Å². The molecule has 0 saturated heterocycles. The third-order valence-corrected chi connectivity index (χ3v) is 12.1. The van der Waals surface area contributed by atoms with Crippen molar-refractivity contribution < 1.29 is 35.1 Å². The fraction of sp³-hybridized carbons (Fsp3) is 0.526. The first-order chi connectivity index (χ1) is 23.5. The summed E-state index contributed by atoms with van der Waals surface area (Å²) in [5.41, 5.74) is 4.61. The number of aromatic nitrogens is 1. The van der Waals surface area contributed by atoms with Crippen molar-refractivity contribution in [2.75, 3.05) is 26.0 Å². The molecule has 4 atom stereocenters. The molecule has 0 radical (unpaired) electrons. The summed E-state index contributed by atoms with van der Waals surface area (Å²) in [6.07, 6.45) is 6.14. The van der Waals surface area contributed by atoms with Gasteiger partial charge < -0.3 is 35.2 Å². The molecule has 1 heterocycles. The standard InChI is InChI=1S/C38H47ClN2O7S/c1-41(21-31(43)35(46)36(47)32(44)22-42)34(45)19-37(13-14-37)23-49-26-8-9-30(39)24(18-26)10-12-38(15-16-38)29-20-40-17-11-27(29)28-4-2-3-5-33(28)48-25-6-7-25/h2-5,8-9,11,17-18,20,25,31-32,35-36,42-44,46-47H,6-7,10,12-16,19,21-23H2,1H3/t31-,32+,35+,36+/m0/s1. The van der Waals surface area contributed by atoms with Gasteiger partial charge in [-0.1, -0.05) is 29.8 Å². The molecule has 49 heavy (non-hydrogen) atoms. The number of carbonyl (C=O) groups is 1. The van der Waals surface area contributed by atoms with Crippen molar-refractivity contribution >= 4 is 29.3 Å². The minimum Gasteiger partial charge on any atom is -0.490 e. The summed E-state index contributed by atoms with van der Waals surface area (Å²) >= 11 is 8.46. The van der Waals surface area contributed by atoms with Gasteiger partial charge in [0.05, 0.1) is 12.7 Å². The van der Waals surface area contributed by atoms with Crippen LogP contribution in [0.4, 0.5) is 0 Å². The number of hydrogen-bond acceptors (Lipinski definition) is 9. The highest BCUT2D eigenvalue weighted by atomic mass is 35.5. The minimum absolute atomic E-state index is 0.0492. The molecule has 3 fully saturated rings. The van der Waals surface area contributed by atoms with E-state index in [0.29, 0.717) is 12.5 Å². The highest BCUT2D eigenvalue weighted by Gasteiger charge is 2.46. The molecule has 6 rings (SSSR count). The Morgan fingerprint density at radius 1 is 1.02 bits per heavy atom. The van der Waals surface area contributed by atoms with E-state index in [0.717, 1.165) is 83.9 Å². The van der Waals surface area contributed by atoms with E-state index in [1.165, 1.54) is 16.0 Å². The molecular weight excluding hydrogens is 664 g/mol. The molecule has 9 nitrogen and oxygen atoms in total. The van der Waals surface area contributed by atoms with Crippen LogP contribution >= 0.6 is 23.4 Å². The molecule has 3 aliphatic rings. The van der Waals surface area contributed by atoms with Gasteiger partial charge in [0.2, 0.25) is 5.91 Å². The molecule has 3 aliphatic carbocycles. The molecule has 0 spiro atoms. The highest BCUT2D eigenvalue weighted by Crippen LogP contribution is 2.55. The molecule has 1 amide bonds. The summed E-state index contributed by atoms with van der Waals surface area (Å²) in [7, 11) is 1.55. The zero-order chi connectivity index (χ0) is 34.8. The van der Waals surface area contributed by atoms with Crippen molar-refractivity contribution in [1.29, 1.82) is 0 Å². The summed E-state index contributed by atoms with van der Waals surface area (Å²) in [6, 6.07) is 16.6. The highest BCUT2D eigenvalue weighted by molar-refractivity contribution is 7.99. The van der Waals surface area contributed by atoms with E-state index < -0.39 is 31.0 Å². The fourth-order valence-electron chi connectivity index (χ4n) is 6.52. The number of carbonyl (C=O) groups excluding carboxylic acids is 1. The van der Waals surface area contributed by atoms with Gasteiger partial charge in [0.15, 0.2) is 0 Å². The van der Waals surface area contributed by atoms with Crippen molar-refractivity contribution in [3.05, 3.63) is 77.1 Å². The molecule has 0 aliphatic heterocycles. The number of pyridine rings is 1. The van der Waals surface area contributed by atoms with Gasteiger partial charge in [-0.25, -0.2) is 0 Å². The van der Waals surface area contributed by atoms with E-state index in [1.54, 1.807) is 18.8 Å². The van der Waals surface area contributed by atoms with Crippen molar-refractivity contribution in [1.82, 2.24) is 9.88 Å². The van der Waals surface area contributed by atoms with Crippen LogP contribution in [0, 0.1) is 5.41 Å². The monoisotopic (exact) mass is 710 g/mol. The number of aliphatic hydroxyl groups excluding tert-OH is 5. The lowest BCUT2D eigenvalue weighted by Crippen LogP contribution is -2.50. The van der Waals surface area contributed by atoms with E-state index in [-0.39, 0.29) is 23.3 Å². The van der Waals surface area contributed by atoms with Gasteiger partial charge in [0.1, 0.15) is 30.2 Å². The number of nitrogens with zero attached hydrogens (tertiary/aromatic N) is 2. The number of ether oxygens (including phenoxy) is 1. The quantitative estimate of drug-likeness (QED) is 0.118. The molecular formula is C38H47ClN2O7S. The van der Waals surface area contributed by atoms with E-state index >= 15 is 0 Å². The van der Waals surface area contributed by atoms with Crippen LogP contribution in [-0.2, 0) is 16.6 Å². The van der Waals surface area contributed by atoms with Crippen LogP contribution in [0.25, 0.3) is 11.1 Å². The Kier molecular flexibility index (Phi) is 11.3. The topological polar surface area (TPSA) is 144 Å². The minimum atomic E-state index is -1.73. The maximum absolute atomic E-state index is 13.1. The lowest BCUT2D eigenvalue weighted by Gasteiger charge is -2.29. The Labute approximate surface area is 297 Å². The van der Waals surface area contributed by atoms with Gasteiger partial charge in [0, 0.05) is 53.6 Å². The molecule has 11 heteroatoms. The van der Waals surface area contributed by atoms with E-state index in [4.69, 9.17) is 21.4 Å². The number of amides is 1. The van der Waals surface area contributed by atoms with E-state index in [2.05, 4.69) is 35.3 Å². The molecule has 1 aromatic heterocycles. The first kappa shape index (κ1) is 36.1. The molecule has 2 aromatic carbocycles. The number of likely N-dealkylation sites (N-methyl/N-ethyl adjacent to an activating group) is 1. The second kappa shape index (κ2) is 15.3. The number of para-hydroxylation sites is 1. The normalized spacial score (nSPS) is 19.8. The zero-order valence-electron chi connectivity index (χ0n) is 27.9. The molecule has 0 unspecified atom stereocenters. The third kappa shape index (κ3) is 8.79. The fourth-order valence-corrected chi connectivity index (χ4v) is 7.98. The summed E-state index contributed by atoms with van der Waals surface area (Å²) in [4.78, 5) is 20.1. The number of hydrogen-bond donors (Lipinski definition) is 5. The van der Waals surface area contributed by atoms with Gasteiger partial charge in [-0.15, -0.1) is 11.8 Å². The molecule has 5 N–H and O–H groups in total. The largest absolute Gasteiger partial charge is 0.490 e. The van der Waals surface area contributed by atoms with Crippen LogP contribution in [0.15, 0.2) is 65.8 Å². The van der Waals surface area contributed by atoms with Crippen LogP contribution in [0.2, 0.25) is 5.02 Å². The Morgan fingerprint density at radius 2 is 1.76 bits per heavy atom. The lowest BCUT2D eigenvalue weighted by molar-refractivity contribution is -0.138. The Morgan fingerprint density at radius 3 is 2.45 bits per heavy atom. The molecule has 3 aromatic rings. The Hall–Kier alpha value is -2.70. The number of aliphatic hydroxyl groups is 5. The van der Waals surface area contributed by atoms with Crippen LogP contribution in [0.1, 0.15) is 62.5 Å². The number of thioether (sulfide) groups is 1. The third-order valence-electron chi connectivity index (χ3n) is 10.4. The number of rotatable bonds is 18. The Balaban J connectivity index is 1.05. The number of aryl methyl sites for hydroxylation is 1. The Bertz CT molecular complexity index is 1610. The summed E-state index contributed by atoms with van der Waals surface area (Å²) in [5, 5.41) is 49.7. The second-order valence-corrected chi connectivity index (χ2v) is 15.8. The van der Waals surface area contributed by atoms with Crippen molar-refractivity contribution in [2.24, 2.45) is 5.41 Å². The average Bonchev–Trinajstić information content (AvgIpc) is 3.99. The van der Waals surface area contributed by atoms with Crippen molar-refractivity contribution in [3.8, 4) is 16.9 Å². The first-order valence-corrected chi connectivity index (χ1v) is 18.6. The SMILES string of the molecule is CN(C[C@H](O)[C@@H](O)[C@H](O)[C@H](O)CO)C(=O)CC1(CSc2ccc(Cl)c(CCC3(c4cnccc4-c4ccccc4OC4CC4)CC3)c2)CC1. The summed E-state index contributed by atoms with van der Waals surface area (Å²) < 4.78 is 6.28. The number of halogens is 1. The summed E-state index contributed by atoms with van der Waals surface area (Å²) in [6.45, 7) is -0.963. The van der Waals surface area contributed by atoms with E-state index in [9.17, 15) is 25.2 Å². The van der Waals surface area contributed by atoms with Gasteiger partial charge >= 0.3 is 0 Å². The molecule has 264 valence electrons. The van der Waals surface area contributed by atoms with Crippen LogP contribution in [0.5, 0.6) is 5.75 Å². The van der Waals surface area contributed by atoms with Crippen LogP contribution < -0.4 is 4.74 Å². The van der Waals surface area contributed by atoms with Gasteiger partial charge in [0.25, 0.3) is 0 Å². The van der Waals surface area contributed by atoms with Crippen LogP contribution in [0.3, 0.4) is 0 Å². The predicted molar refractivity (Wildman–Crippen MR) is 190 cm³/mol. The van der Waals surface area contributed by atoms with Gasteiger partial charge in [-0.2, -0.15) is 0 Å². The van der Waals surface area contributed by atoms with Gasteiger partial charge in [-0.3, -0.25) is 9.78 Å². The maximum atomic E-state index is 13.1.